The van der Waals surface area contributed by atoms with Crippen LogP contribution in [0.1, 0.15) is 36.7 Å². The van der Waals surface area contributed by atoms with Gasteiger partial charge in [-0.05, 0) is 51.0 Å². The van der Waals surface area contributed by atoms with Crippen LogP contribution in [0.5, 0.6) is 0 Å². The molecule has 80 valence electrons. The fourth-order valence-electron chi connectivity index (χ4n) is 2.54. The summed E-state index contributed by atoms with van der Waals surface area (Å²) in [6.45, 7) is 6.65. The maximum absolute atomic E-state index is 10.7. The Bertz CT molecular complexity index is 384. The molecule has 0 saturated heterocycles. The number of hydrogen-bond donors (Lipinski definition) is 0. The molecular formula is C13H17NO. The largest absolute Gasteiger partial charge is 0.366 e. The molecule has 0 saturated carbocycles. The van der Waals surface area contributed by atoms with E-state index in [0.717, 1.165) is 18.3 Å². The smallest absolute Gasteiger partial charge is 0.150 e. The van der Waals surface area contributed by atoms with E-state index >= 15 is 0 Å². The molecule has 0 fully saturated rings. The highest BCUT2D eigenvalue weighted by Gasteiger charge is 2.27. The van der Waals surface area contributed by atoms with Crippen molar-refractivity contribution < 1.29 is 4.79 Å². The Morgan fingerprint density at radius 2 is 2.20 bits per heavy atom. The molecule has 1 aromatic rings. The van der Waals surface area contributed by atoms with Gasteiger partial charge in [0.25, 0.3) is 0 Å². The second-order valence-electron chi connectivity index (χ2n) is 4.56. The first-order valence-electron chi connectivity index (χ1n) is 5.50. The Morgan fingerprint density at radius 1 is 1.47 bits per heavy atom. The van der Waals surface area contributed by atoms with Crippen LogP contribution in [0.15, 0.2) is 18.2 Å². The molecule has 0 unspecified atom stereocenters. The Labute approximate surface area is 90.9 Å². The van der Waals surface area contributed by atoms with Crippen molar-refractivity contribution in [3.63, 3.8) is 0 Å². The number of benzene rings is 1. The molecule has 1 aromatic carbocycles. The average molecular weight is 203 g/mol. The van der Waals surface area contributed by atoms with Crippen molar-refractivity contribution in [2.45, 2.75) is 39.3 Å². The lowest BCUT2D eigenvalue weighted by molar-refractivity contribution is 0.112. The highest BCUT2D eigenvalue weighted by atomic mass is 16.1. The Balaban J connectivity index is 2.42. The number of aldehydes is 1. The Kier molecular flexibility index (Phi) is 2.51. The molecule has 1 aliphatic rings. The summed E-state index contributed by atoms with van der Waals surface area (Å²) < 4.78 is 0. The maximum Gasteiger partial charge on any atom is 0.150 e. The fraction of sp³-hybridized carbons (Fsp3) is 0.462. The second kappa shape index (κ2) is 3.69. The van der Waals surface area contributed by atoms with Crippen molar-refractivity contribution in [2.75, 3.05) is 4.90 Å². The van der Waals surface area contributed by atoms with E-state index in [0.29, 0.717) is 12.1 Å². The van der Waals surface area contributed by atoms with E-state index in [4.69, 9.17) is 0 Å². The van der Waals surface area contributed by atoms with E-state index in [9.17, 15) is 4.79 Å². The highest BCUT2D eigenvalue weighted by molar-refractivity contribution is 5.77. The molecule has 0 N–H and O–H groups in total. The van der Waals surface area contributed by atoms with Gasteiger partial charge in [-0.2, -0.15) is 0 Å². The summed E-state index contributed by atoms with van der Waals surface area (Å²) in [6.07, 6.45) is 1.97. The Hall–Kier alpha value is -1.31. The predicted octanol–water partition coefficient (Wildman–Crippen LogP) is 2.66. The van der Waals surface area contributed by atoms with Crippen LogP contribution >= 0.6 is 0 Å². The predicted molar refractivity (Wildman–Crippen MR) is 62.6 cm³/mol. The van der Waals surface area contributed by atoms with Crippen LogP contribution in [-0.2, 0) is 6.42 Å². The number of anilines is 1. The second-order valence-corrected chi connectivity index (χ2v) is 4.56. The standard InChI is InChI=1S/C13H17NO/c1-9(2)14-10(3)6-12-7-11(8-15)4-5-13(12)14/h4-5,7-10H,6H2,1-3H3/t10-/m1/s1. The minimum atomic E-state index is 0.517. The molecule has 0 aliphatic carbocycles. The van der Waals surface area contributed by atoms with Crippen molar-refractivity contribution in [2.24, 2.45) is 0 Å². The monoisotopic (exact) mass is 203 g/mol. The third-order valence-electron chi connectivity index (χ3n) is 3.06. The number of rotatable bonds is 2. The lowest BCUT2D eigenvalue weighted by Crippen LogP contribution is -2.35. The van der Waals surface area contributed by atoms with Crippen molar-refractivity contribution in [3.8, 4) is 0 Å². The number of carbonyl (C=O) groups is 1. The molecule has 0 bridgehead atoms. The normalized spacial score (nSPS) is 19.5. The lowest BCUT2D eigenvalue weighted by Gasteiger charge is -2.29. The zero-order chi connectivity index (χ0) is 11.0. The van der Waals surface area contributed by atoms with Crippen LogP contribution in [0.25, 0.3) is 0 Å². The topological polar surface area (TPSA) is 20.3 Å². The number of fused-ring (bicyclic) bond motifs is 1. The minimum Gasteiger partial charge on any atom is -0.366 e. The van der Waals surface area contributed by atoms with Crippen LogP contribution in [-0.4, -0.2) is 18.4 Å². The summed E-state index contributed by atoms with van der Waals surface area (Å²) in [5.74, 6) is 0. The van der Waals surface area contributed by atoms with Gasteiger partial charge in [-0.25, -0.2) is 0 Å². The van der Waals surface area contributed by atoms with Crippen molar-refractivity contribution in [3.05, 3.63) is 29.3 Å². The van der Waals surface area contributed by atoms with Gasteiger partial charge in [0.2, 0.25) is 0 Å². The van der Waals surface area contributed by atoms with Gasteiger partial charge in [0, 0.05) is 23.3 Å². The number of nitrogens with zero attached hydrogens (tertiary/aromatic N) is 1. The molecule has 2 heteroatoms. The van der Waals surface area contributed by atoms with Gasteiger partial charge in [0.05, 0.1) is 0 Å². The van der Waals surface area contributed by atoms with E-state index in [1.165, 1.54) is 11.3 Å². The van der Waals surface area contributed by atoms with Gasteiger partial charge in [-0.1, -0.05) is 0 Å². The summed E-state index contributed by atoms with van der Waals surface area (Å²) in [5.41, 5.74) is 3.38. The van der Waals surface area contributed by atoms with E-state index < -0.39 is 0 Å². The SMILES string of the molecule is CC(C)N1c2ccc(C=O)cc2C[C@H]1C. The van der Waals surface area contributed by atoms with Gasteiger partial charge in [-0.3, -0.25) is 4.79 Å². The van der Waals surface area contributed by atoms with Crippen LogP contribution < -0.4 is 4.90 Å². The molecule has 1 heterocycles. The van der Waals surface area contributed by atoms with E-state index in [-0.39, 0.29) is 0 Å². The minimum absolute atomic E-state index is 0.517. The van der Waals surface area contributed by atoms with Gasteiger partial charge >= 0.3 is 0 Å². The molecule has 0 radical (unpaired) electrons. The van der Waals surface area contributed by atoms with Crippen LogP contribution in [0.2, 0.25) is 0 Å². The Morgan fingerprint density at radius 3 is 2.80 bits per heavy atom. The first kappa shape index (κ1) is 10.2. The molecule has 0 aromatic heterocycles. The summed E-state index contributed by atoms with van der Waals surface area (Å²) in [4.78, 5) is 13.1. The molecule has 0 amide bonds. The molecular weight excluding hydrogens is 186 g/mol. The fourth-order valence-corrected chi connectivity index (χ4v) is 2.54. The van der Waals surface area contributed by atoms with Crippen molar-refractivity contribution in [1.29, 1.82) is 0 Å². The van der Waals surface area contributed by atoms with Gasteiger partial charge in [0.1, 0.15) is 6.29 Å². The first-order valence-corrected chi connectivity index (χ1v) is 5.50. The molecule has 2 nitrogen and oxygen atoms in total. The van der Waals surface area contributed by atoms with Gasteiger partial charge in [-0.15, -0.1) is 0 Å². The quantitative estimate of drug-likeness (QED) is 0.689. The van der Waals surface area contributed by atoms with Gasteiger partial charge < -0.3 is 4.90 Å². The average Bonchev–Trinajstić information content (AvgIpc) is 2.52. The van der Waals surface area contributed by atoms with E-state index in [1.54, 1.807) is 0 Å². The van der Waals surface area contributed by atoms with Crippen LogP contribution in [0, 0.1) is 0 Å². The molecule has 1 atom stereocenters. The summed E-state index contributed by atoms with van der Waals surface area (Å²) in [6, 6.07) is 7.05. The maximum atomic E-state index is 10.7. The summed E-state index contributed by atoms with van der Waals surface area (Å²) in [7, 11) is 0. The number of carbonyl (C=O) groups excluding carboxylic acids is 1. The van der Waals surface area contributed by atoms with Crippen molar-refractivity contribution >= 4 is 12.0 Å². The lowest BCUT2D eigenvalue weighted by atomic mass is 10.1. The van der Waals surface area contributed by atoms with Crippen LogP contribution in [0.3, 0.4) is 0 Å². The summed E-state index contributed by atoms with van der Waals surface area (Å²) >= 11 is 0. The van der Waals surface area contributed by atoms with Gasteiger partial charge in [0.15, 0.2) is 0 Å². The molecule has 1 aliphatic heterocycles. The zero-order valence-corrected chi connectivity index (χ0v) is 9.53. The third kappa shape index (κ3) is 1.65. The molecule has 15 heavy (non-hydrogen) atoms. The zero-order valence-electron chi connectivity index (χ0n) is 9.53. The van der Waals surface area contributed by atoms with Crippen LogP contribution in [0.4, 0.5) is 5.69 Å². The third-order valence-corrected chi connectivity index (χ3v) is 3.06. The first-order chi connectivity index (χ1) is 7.13. The molecule has 0 spiro atoms. The molecule has 2 rings (SSSR count). The van der Waals surface area contributed by atoms with Crippen molar-refractivity contribution in [1.82, 2.24) is 0 Å². The van der Waals surface area contributed by atoms with E-state index in [2.05, 4.69) is 31.7 Å². The number of hydrogen-bond acceptors (Lipinski definition) is 2. The highest BCUT2D eigenvalue weighted by Crippen LogP contribution is 2.33. The summed E-state index contributed by atoms with van der Waals surface area (Å²) in [5, 5.41) is 0. The van der Waals surface area contributed by atoms with E-state index in [1.807, 2.05) is 12.1 Å².